The van der Waals surface area contributed by atoms with Crippen LogP contribution in [-0.4, -0.2) is 17.0 Å². The first-order valence-corrected chi connectivity index (χ1v) is 5.59. The highest BCUT2D eigenvalue weighted by atomic mass is 14.9. The molecule has 3 heteroatoms. The molecule has 0 radical (unpaired) electrons. The molecule has 0 aliphatic rings. The molecule has 0 spiro atoms. The van der Waals surface area contributed by atoms with E-state index in [4.69, 9.17) is 0 Å². The van der Waals surface area contributed by atoms with Crippen molar-refractivity contribution in [2.45, 2.75) is 39.7 Å². The van der Waals surface area contributed by atoms with Crippen LogP contribution in [0, 0.1) is 12.8 Å². The number of aromatic nitrogens is 2. The number of hydrogen-bond donors (Lipinski definition) is 1. The summed E-state index contributed by atoms with van der Waals surface area (Å²) in [5.74, 6) is 0.735. The summed E-state index contributed by atoms with van der Waals surface area (Å²) in [6, 6.07) is 0.334. The summed E-state index contributed by atoms with van der Waals surface area (Å²) in [6.45, 7) is 6.44. The van der Waals surface area contributed by atoms with Crippen molar-refractivity contribution in [2.75, 3.05) is 7.05 Å². The van der Waals surface area contributed by atoms with Crippen molar-refractivity contribution < 1.29 is 0 Å². The van der Waals surface area contributed by atoms with Crippen molar-refractivity contribution in [3.63, 3.8) is 0 Å². The molecule has 1 heterocycles. The zero-order valence-corrected chi connectivity index (χ0v) is 10.1. The number of aryl methyl sites for hydroxylation is 1. The molecular weight excluding hydrogens is 186 g/mol. The molecule has 84 valence electrons. The molecule has 15 heavy (non-hydrogen) atoms. The van der Waals surface area contributed by atoms with Crippen LogP contribution >= 0.6 is 0 Å². The lowest BCUT2D eigenvalue weighted by atomic mass is 10.0. The lowest BCUT2D eigenvalue weighted by Gasteiger charge is -2.16. The van der Waals surface area contributed by atoms with Crippen molar-refractivity contribution in [1.82, 2.24) is 15.3 Å². The van der Waals surface area contributed by atoms with Crippen molar-refractivity contribution in [1.29, 1.82) is 0 Å². The van der Waals surface area contributed by atoms with Gasteiger partial charge in [0.05, 0.1) is 23.6 Å². The van der Waals surface area contributed by atoms with Crippen LogP contribution in [0.25, 0.3) is 0 Å². The molecule has 0 fully saturated rings. The van der Waals surface area contributed by atoms with Gasteiger partial charge in [0.25, 0.3) is 0 Å². The minimum atomic E-state index is 0.334. The molecule has 0 saturated carbocycles. The van der Waals surface area contributed by atoms with Crippen molar-refractivity contribution >= 4 is 0 Å². The number of rotatable bonds is 5. The normalized spacial score (nSPS) is 13.1. The summed E-state index contributed by atoms with van der Waals surface area (Å²) in [4.78, 5) is 8.67. The molecule has 0 saturated heterocycles. The van der Waals surface area contributed by atoms with Gasteiger partial charge in [0.1, 0.15) is 0 Å². The standard InChI is InChI=1S/C12H21N3/c1-9(2)5-6-11(13-4)12-8-14-10(3)7-15-12/h7-9,11,13H,5-6H2,1-4H3. The Morgan fingerprint density at radius 3 is 2.40 bits per heavy atom. The van der Waals surface area contributed by atoms with Gasteiger partial charge in [-0.2, -0.15) is 0 Å². The predicted octanol–water partition coefficient (Wildman–Crippen LogP) is 2.48. The second-order valence-electron chi connectivity index (χ2n) is 4.40. The van der Waals surface area contributed by atoms with E-state index in [9.17, 15) is 0 Å². The van der Waals surface area contributed by atoms with E-state index in [2.05, 4.69) is 29.1 Å². The molecule has 1 N–H and O–H groups in total. The minimum absolute atomic E-state index is 0.334. The van der Waals surface area contributed by atoms with Crippen LogP contribution in [0.2, 0.25) is 0 Å². The van der Waals surface area contributed by atoms with Gasteiger partial charge in [-0.25, -0.2) is 0 Å². The first-order valence-electron chi connectivity index (χ1n) is 5.59. The molecule has 3 nitrogen and oxygen atoms in total. The highest BCUT2D eigenvalue weighted by Crippen LogP contribution is 2.18. The van der Waals surface area contributed by atoms with Crippen LogP contribution in [0.5, 0.6) is 0 Å². The summed E-state index contributed by atoms with van der Waals surface area (Å²) >= 11 is 0. The SMILES string of the molecule is CNC(CCC(C)C)c1cnc(C)cn1. The molecule has 1 aromatic rings. The van der Waals surface area contributed by atoms with E-state index >= 15 is 0 Å². The maximum absolute atomic E-state index is 4.40. The highest BCUT2D eigenvalue weighted by Gasteiger charge is 2.11. The first kappa shape index (κ1) is 12.1. The Kier molecular flexibility index (Phi) is 4.69. The molecule has 1 aromatic heterocycles. The smallest absolute Gasteiger partial charge is 0.0756 e. The second-order valence-corrected chi connectivity index (χ2v) is 4.40. The average molecular weight is 207 g/mol. The molecule has 1 unspecified atom stereocenters. The Morgan fingerprint density at radius 1 is 1.20 bits per heavy atom. The molecular formula is C12H21N3. The van der Waals surface area contributed by atoms with E-state index in [0.29, 0.717) is 6.04 Å². The van der Waals surface area contributed by atoms with E-state index in [0.717, 1.165) is 23.7 Å². The molecule has 1 atom stereocenters. The largest absolute Gasteiger partial charge is 0.312 e. The van der Waals surface area contributed by atoms with Crippen molar-refractivity contribution in [2.24, 2.45) is 5.92 Å². The first-order chi connectivity index (χ1) is 7.13. The highest BCUT2D eigenvalue weighted by molar-refractivity contribution is 5.05. The Morgan fingerprint density at radius 2 is 1.93 bits per heavy atom. The van der Waals surface area contributed by atoms with E-state index in [1.807, 2.05) is 26.4 Å². The van der Waals surface area contributed by atoms with Crippen LogP contribution in [0.3, 0.4) is 0 Å². The van der Waals surface area contributed by atoms with Gasteiger partial charge in [-0.1, -0.05) is 13.8 Å². The van der Waals surface area contributed by atoms with Crippen molar-refractivity contribution in [3.8, 4) is 0 Å². The molecule has 1 rings (SSSR count). The predicted molar refractivity (Wildman–Crippen MR) is 62.6 cm³/mol. The summed E-state index contributed by atoms with van der Waals surface area (Å²) in [5, 5.41) is 3.29. The summed E-state index contributed by atoms with van der Waals surface area (Å²) in [6.07, 6.45) is 6.03. The van der Waals surface area contributed by atoms with Crippen LogP contribution in [0.4, 0.5) is 0 Å². The molecule has 0 aliphatic carbocycles. The Balaban J connectivity index is 2.61. The summed E-state index contributed by atoms with van der Waals surface area (Å²) in [7, 11) is 1.98. The number of nitrogens with one attached hydrogen (secondary N) is 1. The summed E-state index contributed by atoms with van der Waals surface area (Å²) < 4.78 is 0. The fourth-order valence-corrected chi connectivity index (χ4v) is 1.52. The second kappa shape index (κ2) is 5.81. The zero-order valence-electron chi connectivity index (χ0n) is 10.1. The third-order valence-corrected chi connectivity index (χ3v) is 2.54. The van der Waals surface area contributed by atoms with Crippen LogP contribution in [0.1, 0.15) is 44.1 Å². The van der Waals surface area contributed by atoms with Crippen LogP contribution < -0.4 is 5.32 Å². The average Bonchev–Trinajstić information content (AvgIpc) is 2.21. The Labute approximate surface area is 92.3 Å². The summed E-state index contributed by atoms with van der Waals surface area (Å²) in [5.41, 5.74) is 2.02. The van der Waals surface area contributed by atoms with Gasteiger partial charge in [0, 0.05) is 6.20 Å². The van der Waals surface area contributed by atoms with Gasteiger partial charge in [-0.15, -0.1) is 0 Å². The van der Waals surface area contributed by atoms with Gasteiger partial charge in [-0.3, -0.25) is 9.97 Å². The maximum Gasteiger partial charge on any atom is 0.0756 e. The Bertz CT molecular complexity index is 279. The maximum atomic E-state index is 4.40. The van der Waals surface area contributed by atoms with Crippen LogP contribution in [0.15, 0.2) is 12.4 Å². The van der Waals surface area contributed by atoms with E-state index in [-0.39, 0.29) is 0 Å². The van der Waals surface area contributed by atoms with Gasteiger partial charge in [0.15, 0.2) is 0 Å². The minimum Gasteiger partial charge on any atom is -0.312 e. The van der Waals surface area contributed by atoms with E-state index in [1.54, 1.807) is 0 Å². The Hall–Kier alpha value is -0.960. The third kappa shape index (κ3) is 3.96. The van der Waals surface area contributed by atoms with E-state index < -0.39 is 0 Å². The van der Waals surface area contributed by atoms with Gasteiger partial charge in [0.2, 0.25) is 0 Å². The molecule has 0 bridgehead atoms. The fraction of sp³-hybridized carbons (Fsp3) is 0.667. The molecule has 0 aliphatic heterocycles. The van der Waals surface area contributed by atoms with Gasteiger partial charge in [-0.05, 0) is 32.7 Å². The van der Waals surface area contributed by atoms with E-state index in [1.165, 1.54) is 6.42 Å². The number of hydrogen-bond acceptors (Lipinski definition) is 3. The topological polar surface area (TPSA) is 37.8 Å². The van der Waals surface area contributed by atoms with Gasteiger partial charge < -0.3 is 5.32 Å². The molecule has 0 amide bonds. The van der Waals surface area contributed by atoms with Crippen molar-refractivity contribution in [3.05, 3.63) is 23.8 Å². The molecule has 0 aromatic carbocycles. The quantitative estimate of drug-likeness (QED) is 0.806. The fourth-order valence-electron chi connectivity index (χ4n) is 1.52. The third-order valence-electron chi connectivity index (χ3n) is 2.54. The lowest BCUT2D eigenvalue weighted by molar-refractivity contribution is 0.457. The lowest BCUT2D eigenvalue weighted by Crippen LogP contribution is -2.18. The zero-order chi connectivity index (χ0) is 11.3. The van der Waals surface area contributed by atoms with Gasteiger partial charge >= 0.3 is 0 Å². The number of nitrogens with zero attached hydrogens (tertiary/aromatic N) is 2. The van der Waals surface area contributed by atoms with Crippen LogP contribution in [-0.2, 0) is 0 Å². The monoisotopic (exact) mass is 207 g/mol.